The minimum absolute atomic E-state index is 0.136. The molecule has 0 radical (unpaired) electrons. The Bertz CT molecular complexity index is 1150. The molecule has 1 amide bonds. The molecular weight excluding hydrogens is 839 g/mol. The van der Waals surface area contributed by atoms with Crippen LogP contribution in [0.3, 0.4) is 0 Å². The summed E-state index contributed by atoms with van der Waals surface area (Å²) in [7, 11) is 0. The molecule has 0 spiro atoms. The second-order valence-corrected chi connectivity index (χ2v) is 20.1. The summed E-state index contributed by atoms with van der Waals surface area (Å²) < 4.78 is 11.3. The monoisotopic (exact) mass is 948 g/mol. The van der Waals surface area contributed by atoms with Crippen LogP contribution in [0.2, 0.25) is 0 Å². The van der Waals surface area contributed by atoms with E-state index in [9.17, 15) is 30.3 Å². The molecule has 1 saturated heterocycles. The Labute approximate surface area is 412 Å². The summed E-state index contributed by atoms with van der Waals surface area (Å²) in [5, 5.41) is 54.4. The van der Waals surface area contributed by atoms with Crippen LogP contribution in [-0.4, -0.2) is 87.5 Å². The minimum Gasteiger partial charge on any atom is -0.394 e. The summed E-state index contributed by atoms with van der Waals surface area (Å²) >= 11 is 0. The topological polar surface area (TPSA) is 149 Å². The molecule has 1 fully saturated rings. The Morgan fingerprint density at radius 3 is 1.30 bits per heavy atom. The van der Waals surface area contributed by atoms with Crippen molar-refractivity contribution in [2.45, 2.75) is 314 Å². The molecule has 9 heteroatoms. The fourth-order valence-electron chi connectivity index (χ4n) is 9.17. The normalized spacial score (nSPS) is 19.9. The lowest BCUT2D eigenvalue weighted by atomic mass is 9.99. The van der Waals surface area contributed by atoms with Crippen molar-refractivity contribution in [2.24, 2.45) is 0 Å². The molecule has 7 atom stereocenters. The number of unbranched alkanes of at least 4 members (excludes halogenated alkanes) is 33. The van der Waals surface area contributed by atoms with Gasteiger partial charge in [-0.15, -0.1) is 0 Å². The summed E-state index contributed by atoms with van der Waals surface area (Å²) in [6.07, 6.45) is 54.9. The van der Waals surface area contributed by atoms with Gasteiger partial charge in [-0.3, -0.25) is 4.79 Å². The van der Waals surface area contributed by atoms with E-state index in [0.29, 0.717) is 12.8 Å². The molecule has 0 aromatic carbocycles. The molecule has 1 rings (SSSR count). The summed E-state index contributed by atoms with van der Waals surface area (Å²) in [5.74, 6) is -0.143. The van der Waals surface area contributed by atoms with E-state index in [1.807, 2.05) is 0 Å². The van der Waals surface area contributed by atoms with Gasteiger partial charge in [0.15, 0.2) is 6.29 Å². The van der Waals surface area contributed by atoms with Crippen LogP contribution in [0.5, 0.6) is 0 Å². The molecule has 67 heavy (non-hydrogen) atoms. The van der Waals surface area contributed by atoms with Crippen molar-refractivity contribution in [3.8, 4) is 0 Å². The highest BCUT2D eigenvalue weighted by Crippen LogP contribution is 2.23. The van der Waals surface area contributed by atoms with Gasteiger partial charge in [-0.2, -0.15) is 0 Å². The third-order valence-electron chi connectivity index (χ3n) is 13.7. The molecule has 1 heterocycles. The first-order valence-electron chi connectivity index (χ1n) is 28.7. The number of ether oxygens (including phenoxy) is 2. The van der Waals surface area contributed by atoms with E-state index in [0.717, 1.165) is 51.4 Å². The van der Waals surface area contributed by atoms with Crippen LogP contribution in [0.15, 0.2) is 36.5 Å². The van der Waals surface area contributed by atoms with E-state index >= 15 is 0 Å². The standard InChI is InChI=1S/C58H109NO8/c1-3-5-7-9-11-13-14-15-16-17-18-19-20-21-22-23-24-25-26-27-28-29-30-31-32-33-34-35-36-37-38-40-42-44-46-48-54(62)59-51(52(61)47-45-43-41-39-12-10-8-6-4-2)50-66-58-57(65)56(64)55(63)53(49-60)67-58/h14-15,17-18,20-21,51-53,55-58,60-61,63-65H,3-13,16,19,22-50H2,1-2H3,(H,59,62)/b15-14-,18-17-,21-20-. The number of hydrogen-bond donors (Lipinski definition) is 6. The first kappa shape index (κ1) is 63.4. The largest absolute Gasteiger partial charge is 0.394 e. The van der Waals surface area contributed by atoms with Gasteiger partial charge in [0.25, 0.3) is 0 Å². The highest BCUT2D eigenvalue weighted by molar-refractivity contribution is 5.76. The lowest BCUT2D eigenvalue weighted by Gasteiger charge is -2.40. The van der Waals surface area contributed by atoms with Crippen LogP contribution >= 0.6 is 0 Å². The zero-order valence-corrected chi connectivity index (χ0v) is 43.7. The molecule has 394 valence electrons. The van der Waals surface area contributed by atoms with Crippen LogP contribution in [0, 0.1) is 0 Å². The van der Waals surface area contributed by atoms with Crippen molar-refractivity contribution in [2.75, 3.05) is 13.2 Å². The van der Waals surface area contributed by atoms with E-state index < -0.39 is 49.5 Å². The molecule has 1 aliphatic rings. The zero-order valence-electron chi connectivity index (χ0n) is 43.7. The second-order valence-electron chi connectivity index (χ2n) is 20.1. The van der Waals surface area contributed by atoms with Crippen LogP contribution in [-0.2, 0) is 14.3 Å². The van der Waals surface area contributed by atoms with E-state index in [4.69, 9.17) is 9.47 Å². The second kappa shape index (κ2) is 48.1. The highest BCUT2D eigenvalue weighted by Gasteiger charge is 2.44. The Hall–Kier alpha value is -1.59. The Kier molecular flexibility index (Phi) is 45.5. The number of carbonyl (C=O) groups excluding carboxylic acids is 1. The fraction of sp³-hybridized carbons (Fsp3) is 0.879. The lowest BCUT2D eigenvalue weighted by molar-refractivity contribution is -0.302. The Morgan fingerprint density at radius 1 is 0.507 bits per heavy atom. The molecular formula is C58H109NO8. The summed E-state index contributed by atoms with van der Waals surface area (Å²) in [5.41, 5.74) is 0. The minimum atomic E-state index is -1.55. The van der Waals surface area contributed by atoms with Gasteiger partial charge in [0, 0.05) is 6.42 Å². The molecule has 9 nitrogen and oxygen atoms in total. The molecule has 6 N–H and O–H groups in total. The number of aliphatic hydroxyl groups is 5. The van der Waals surface area contributed by atoms with E-state index in [1.165, 1.54) is 193 Å². The molecule has 0 bridgehead atoms. The van der Waals surface area contributed by atoms with Crippen molar-refractivity contribution in [1.82, 2.24) is 5.32 Å². The predicted octanol–water partition coefficient (Wildman–Crippen LogP) is 14.0. The first-order chi connectivity index (χ1) is 32.8. The highest BCUT2D eigenvalue weighted by atomic mass is 16.7. The van der Waals surface area contributed by atoms with Crippen molar-refractivity contribution in [1.29, 1.82) is 0 Å². The van der Waals surface area contributed by atoms with Crippen molar-refractivity contribution in [3.05, 3.63) is 36.5 Å². The summed E-state index contributed by atoms with van der Waals surface area (Å²) in [6, 6.07) is -0.715. The number of carbonyl (C=O) groups is 1. The average molecular weight is 949 g/mol. The van der Waals surface area contributed by atoms with Crippen molar-refractivity contribution in [3.63, 3.8) is 0 Å². The van der Waals surface area contributed by atoms with Crippen molar-refractivity contribution < 1.29 is 39.8 Å². The number of nitrogens with one attached hydrogen (secondary N) is 1. The number of aliphatic hydroxyl groups excluding tert-OH is 5. The molecule has 0 saturated carbocycles. The summed E-state index contributed by atoms with van der Waals surface area (Å²) in [4.78, 5) is 13.0. The molecule has 0 aliphatic carbocycles. The van der Waals surface area contributed by atoms with Gasteiger partial charge in [0.05, 0.1) is 25.4 Å². The van der Waals surface area contributed by atoms with E-state index in [1.54, 1.807) is 0 Å². The van der Waals surface area contributed by atoms with Crippen LogP contribution in [0.25, 0.3) is 0 Å². The smallest absolute Gasteiger partial charge is 0.220 e. The Balaban J connectivity index is 2.03. The fourth-order valence-corrected chi connectivity index (χ4v) is 9.17. The molecule has 7 unspecified atom stereocenters. The van der Waals surface area contributed by atoms with Gasteiger partial charge in [0.1, 0.15) is 24.4 Å². The van der Waals surface area contributed by atoms with E-state index in [2.05, 4.69) is 55.6 Å². The van der Waals surface area contributed by atoms with Gasteiger partial charge in [-0.05, 0) is 51.4 Å². The predicted molar refractivity (Wildman–Crippen MR) is 281 cm³/mol. The number of amides is 1. The number of allylic oxidation sites excluding steroid dienone is 6. The number of rotatable bonds is 49. The number of hydrogen-bond acceptors (Lipinski definition) is 8. The molecule has 0 aromatic heterocycles. The van der Waals surface area contributed by atoms with Gasteiger partial charge < -0.3 is 40.3 Å². The van der Waals surface area contributed by atoms with Crippen molar-refractivity contribution >= 4 is 5.91 Å². The summed E-state index contributed by atoms with van der Waals surface area (Å²) in [6.45, 7) is 3.81. The first-order valence-corrected chi connectivity index (χ1v) is 28.7. The van der Waals surface area contributed by atoms with Gasteiger partial charge in [-0.25, -0.2) is 0 Å². The zero-order chi connectivity index (χ0) is 48.7. The SMILES string of the molecule is CCCCCCC/C=C\C/C=C\C/C=C\CCCCCCCCCCCCCCCCCCCCCCC(=O)NC(COC1OC(CO)C(O)C(O)C1O)C(O)CCCCCCCCCCC. The third-order valence-corrected chi connectivity index (χ3v) is 13.7. The van der Waals surface area contributed by atoms with Crippen LogP contribution < -0.4 is 5.32 Å². The van der Waals surface area contributed by atoms with Gasteiger partial charge >= 0.3 is 0 Å². The van der Waals surface area contributed by atoms with Gasteiger partial charge in [0.2, 0.25) is 5.91 Å². The van der Waals surface area contributed by atoms with Crippen LogP contribution in [0.1, 0.15) is 271 Å². The molecule has 1 aliphatic heterocycles. The van der Waals surface area contributed by atoms with Crippen LogP contribution in [0.4, 0.5) is 0 Å². The third kappa shape index (κ3) is 37.9. The maximum atomic E-state index is 13.0. The maximum Gasteiger partial charge on any atom is 0.220 e. The molecule has 0 aromatic rings. The maximum absolute atomic E-state index is 13.0. The average Bonchev–Trinajstić information content (AvgIpc) is 3.33. The Morgan fingerprint density at radius 2 is 0.881 bits per heavy atom. The van der Waals surface area contributed by atoms with Gasteiger partial charge in [-0.1, -0.05) is 249 Å². The van der Waals surface area contributed by atoms with E-state index in [-0.39, 0.29) is 12.5 Å². The lowest BCUT2D eigenvalue weighted by Crippen LogP contribution is -2.60. The quantitative estimate of drug-likeness (QED) is 0.0261.